The van der Waals surface area contributed by atoms with Crippen LogP contribution in [0.1, 0.15) is 29.8 Å². The highest BCUT2D eigenvalue weighted by molar-refractivity contribution is 6.07. The van der Waals surface area contributed by atoms with Crippen molar-refractivity contribution in [1.82, 2.24) is 14.9 Å². The highest BCUT2D eigenvalue weighted by Gasteiger charge is 2.36. The molecule has 2 aliphatic rings. The summed E-state index contributed by atoms with van der Waals surface area (Å²) in [6.07, 6.45) is -2.03. The number of likely N-dealkylation sites (N-methyl/N-ethyl adjacent to an activating group) is 1. The summed E-state index contributed by atoms with van der Waals surface area (Å²) in [6, 6.07) is 4.65. The van der Waals surface area contributed by atoms with Gasteiger partial charge in [0, 0.05) is 55.7 Å². The zero-order valence-electron chi connectivity index (χ0n) is 23.4. The Labute approximate surface area is 240 Å². The van der Waals surface area contributed by atoms with Gasteiger partial charge in [0.25, 0.3) is 5.91 Å². The molecule has 42 heavy (non-hydrogen) atoms. The van der Waals surface area contributed by atoms with Crippen LogP contribution < -0.4 is 15.1 Å². The lowest BCUT2D eigenvalue weighted by atomic mass is 10.0. The number of benzene rings is 2. The largest absolute Gasteiger partial charge is 0.417 e. The maximum atomic E-state index is 15.7. The average Bonchev–Trinajstić information content (AvgIpc) is 2.95. The van der Waals surface area contributed by atoms with Gasteiger partial charge >= 0.3 is 6.18 Å². The lowest BCUT2D eigenvalue weighted by Crippen LogP contribution is -2.50. The summed E-state index contributed by atoms with van der Waals surface area (Å²) >= 11 is 0. The van der Waals surface area contributed by atoms with E-state index < -0.39 is 34.8 Å². The Morgan fingerprint density at radius 1 is 1.02 bits per heavy atom. The van der Waals surface area contributed by atoms with E-state index in [4.69, 9.17) is 4.74 Å². The van der Waals surface area contributed by atoms with Crippen LogP contribution in [-0.2, 0) is 10.9 Å². The number of carbonyl (C=O) groups is 1. The van der Waals surface area contributed by atoms with Crippen LogP contribution in [0.3, 0.4) is 0 Å². The number of halogens is 5. The molecule has 2 unspecified atom stereocenters. The Bertz CT molecular complexity index is 1450. The molecular formula is C29H31F5N6O2. The standard InChI is InChI=1S/C29H31F5N6O2/c1-17-15-39(7-6-38(17)3)26-12-24(31)22(19-13-35-28(36-14-19)40-8-9-42-16-18(40)2)11-25(26)37-27(41)21-5-4-20(30)10-23(21)29(32,33)34/h4-5,10-14,17-18H,6-9,15-16H2,1-3H3,(H,37,41). The van der Waals surface area contributed by atoms with Gasteiger partial charge in [-0.15, -0.1) is 0 Å². The number of morpholine rings is 1. The van der Waals surface area contributed by atoms with Gasteiger partial charge in [-0.3, -0.25) is 4.79 Å². The molecule has 0 spiro atoms. The molecule has 1 amide bonds. The van der Waals surface area contributed by atoms with Crippen molar-refractivity contribution in [1.29, 1.82) is 0 Å². The summed E-state index contributed by atoms with van der Waals surface area (Å²) in [4.78, 5) is 28.0. The van der Waals surface area contributed by atoms with E-state index in [1.807, 2.05) is 30.7 Å². The lowest BCUT2D eigenvalue weighted by molar-refractivity contribution is -0.138. The number of ether oxygens (including phenoxy) is 1. The Morgan fingerprint density at radius 2 is 1.76 bits per heavy atom. The molecule has 0 bridgehead atoms. The van der Waals surface area contributed by atoms with Crippen molar-refractivity contribution >= 4 is 23.2 Å². The number of hydrogen-bond donors (Lipinski definition) is 1. The Balaban J connectivity index is 1.53. The second-order valence-corrected chi connectivity index (χ2v) is 10.7. The van der Waals surface area contributed by atoms with Crippen LogP contribution in [0.15, 0.2) is 42.7 Å². The van der Waals surface area contributed by atoms with Gasteiger partial charge in [0.1, 0.15) is 11.6 Å². The third-order valence-electron chi connectivity index (χ3n) is 7.74. The van der Waals surface area contributed by atoms with Crippen LogP contribution in [0.2, 0.25) is 0 Å². The van der Waals surface area contributed by atoms with Gasteiger partial charge in [0.2, 0.25) is 5.95 Å². The van der Waals surface area contributed by atoms with Crippen molar-refractivity contribution in [2.24, 2.45) is 0 Å². The molecular weight excluding hydrogens is 559 g/mol. The number of carbonyl (C=O) groups excluding carboxylic acids is 1. The molecule has 0 saturated carbocycles. The number of rotatable bonds is 5. The monoisotopic (exact) mass is 590 g/mol. The van der Waals surface area contributed by atoms with E-state index in [2.05, 4.69) is 20.2 Å². The van der Waals surface area contributed by atoms with Crippen LogP contribution in [0.5, 0.6) is 0 Å². The maximum Gasteiger partial charge on any atom is 0.417 e. The van der Waals surface area contributed by atoms with Crippen molar-refractivity contribution in [3.63, 3.8) is 0 Å². The van der Waals surface area contributed by atoms with Crippen LogP contribution in [0, 0.1) is 11.6 Å². The third-order valence-corrected chi connectivity index (χ3v) is 7.74. The summed E-state index contributed by atoms with van der Waals surface area (Å²) in [5.74, 6) is -2.37. The molecule has 13 heteroatoms. The molecule has 3 heterocycles. The number of amides is 1. The number of nitrogens with one attached hydrogen (secondary N) is 1. The fourth-order valence-electron chi connectivity index (χ4n) is 5.18. The molecule has 2 aromatic carbocycles. The maximum absolute atomic E-state index is 15.7. The first-order valence-electron chi connectivity index (χ1n) is 13.6. The highest BCUT2D eigenvalue weighted by Crippen LogP contribution is 2.37. The lowest BCUT2D eigenvalue weighted by Gasteiger charge is -2.39. The SMILES string of the molecule is CC1CN(c2cc(F)c(-c3cnc(N4CCOCC4C)nc3)cc2NC(=O)c2ccc(F)cc2C(F)(F)F)CCN1C. The predicted octanol–water partition coefficient (Wildman–Crippen LogP) is 5.06. The molecule has 2 fully saturated rings. The molecule has 8 nitrogen and oxygen atoms in total. The van der Waals surface area contributed by atoms with Gasteiger partial charge in [-0.25, -0.2) is 18.7 Å². The van der Waals surface area contributed by atoms with Gasteiger partial charge in [-0.1, -0.05) is 0 Å². The van der Waals surface area contributed by atoms with E-state index in [9.17, 15) is 22.4 Å². The van der Waals surface area contributed by atoms with E-state index in [0.717, 1.165) is 12.1 Å². The average molecular weight is 591 g/mol. The van der Waals surface area contributed by atoms with Crippen molar-refractivity contribution < 1.29 is 31.5 Å². The van der Waals surface area contributed by atoms with Gasteiger partial charge < -0.3 is 24.8 Å². The predicted molar refractivity (Wildman–Crippen MR) is 149 cm³/mol. The highest BCUT2D eigenvalue weighted by atomic mass is 19.4. The first-order chi connectivity index (χ1) is 19.9. The van der Waals surface area contributed by atoms with Crippen LogP contribution >= 0.6 is 0 Å². The summed E-state index contributed by atoms with van der Waals surface area (Å²) in [7, 11) is 1.96. The molecule has 2 aliphatic heterocycles. The minimum absolute atomic E-state index is 0.0569. The molecule has 1 aromatic heterocycles. The Morgan fingerprint density at radius 3 is 2.43 bits per heavy atom. The normalized spacial score (nSPS) is 20.1. The Hall–Kier alpha value is -3.84. The zero-order chi connectivity index (χ0) is 30.2. The minimum atomic E-state index is -4.96. The van der Waals surface area contributed by atoms with Crippen molar-refractivity contribution in [3.8, 4) is 11.1 Å². The summed E-state index contributed by atoms with van der Waals surface area (Å²) < 4.78 is 75.8. The molecule has 224 valence electrons. The van der Waals surface area contributed by atoms with E-state index >= 15 is 4.39 Å². The molecule has 2 saturated heterocycles. The summed E-state index contributed by atoms with van der Waals surface area (Å²) in [5, 5.41) is 2.54. The quantitative estimate of drug-likeness (QED) is 0.417. The van der Waals surface area contributed by atoms with Crippen molar-refractivity contribution in [2.75, 3.05) is 61.6 Å². The third kappa shape index (κ3) is 6.16. The molecule has 1 N–H and O–H groups in total. The second-order valence-electron chi connectivity index (χ2n) is 10.7. The molecule has 0 aliphatic carbocycles. The fraction of sp³-hybridized carbons (Fsp3) is 0.414. The topological polar surface area (TPSA) is 73.8 Å². The van der Waals surface area contributed by atoms with Gasteiger partial charge in [-0.2, -0.15) is 13.2 Å². The molecule has 5 rings (SSSR count). The van der Waals surface area contributed by atoms with Crippen LogP contribution in [0.25, 0.3) is 11.1 Å². The number of nitrogens with zero attached hydrogens (tertiary/aromatic N) is 5. The van der Waals surface area contributed by atoms with Crippen LogP contribution in [0.4, 0.5) is 39.3 Å². The number of piperazine rings is 1. The van der Waals surface area contributed by atoms with E-state index in [1.54, 1.807) is 0 Å². The number of anilines is 3. The van der Waals surface area contributed by atoms with Gasteiger partial charge in [-0.05, 0) is 51.2 Å². The zero-order valence-corrected chi connectivity index (χ0v) is 23.4. The number of alkyl halides is 3. The molecule has 3 aromatic rings. The van der Waals surface area contributed by atoms with Crippen LogP contribution in [-0.4, -0.2) is 79.3 Å². The van der Waals surface area contributed by atoms with Gasteiger partial charge in [0.05, 0.1) is 41.8 Å². The number of aromatic nitrogens is 2. The summed E-state index contributed by atoms with van der Waals surface area (Å²) in [5.41, 5.74) is -1.34. The minimum Gasteiger partial charge on any atom is -0.377 e. The smallest absolute Gasteiger partial charge is 0.377 e. The first-order valence-corrected chi connectivity index (χ1v) is 13.6. The van der Waals surface area contributed by atoms with E-state index in [1.165, 1.54) is 24.5 Å². The fourth-order valence-corrected chi connectivity index (χ4v) is 5.18. The van der Waals surface area contributed by atoms with Crippen molar-refractivity contribution in [3.05, 3.63) is 65.5 Å². The second kappa shape index (κ2) is 11.8. The van der Waals surface area contributed by atoms with Crippen molar-refractivity contribution in [2.45, 2.75) is 32.1 Å². The Kier molecular flexibility index (Phi) is 8.33. The number of hydrogen-bond acceptors (Lipinski definition) is 7. The van der Waals surface area contributed by atoms with E-state index in [0.29, 0.717) is 56.6 Å². The first kappa shape index (κ1) is 29.6. The van der Waals surface area contributed by atoms with E-state index in [-0.39, 0.29) is 29.4 Å². The van der Waals surface area contributed by atoms with Gasteiger partial charge in [0.15, 0.2) is 0 Å². The molecule has 0 radical (unpaired) electrons. The molecule has 2 atom stereocenters. The summed E-state index contributed by atoms with van der Waals surface area (Å²) in [6.45, 7) is 7.30.